The van der Waals surface area contributed by atoms with Crippen molar-refractivity contribution in [1.82, 2.24) is 9.97 Å². The highest BCUT2D eigenvalue weighted by molar-refractivity contribution is 9.10. The summed E-state index contributed by atoms with van der Waals surface area (Å²) in [5.74, 6) is 0. The lowest BCUT2D eigenvalue weighted by molar-refractivity contribution is 1.28. The van der Waals surface area contributed by atoms with E-state index >= 15 is 0 Å². The van der Waals surface area contributed by atoms with E-state index in [4.69, 9.17) is 11.6 Å². The molecule has 2 aromatic heterocycles. The highest BCUT2D eigenvalue weighted by atomic mass is 79.9. The summed E-state index contributed by atoms with van der Waals surface area (Å²) in [7, 11) is 0. The van der Waals surface area contributed by atoms with Crippen LogP contribution in [0.5, 0.6) is 0 Å². The average Bonchev–Trinajstić information content (AvgIpc) is 2.21. The molecule has 2 rings (SSSR count). The molecule has 0 amide bonds. The van der Waals surface area contributed by atoms with Crippen molar-refractivity contribution in [2.24, 2.45) is 0 Å². The molecule has 4 heteroatoms. The van der Waals surface area contributed by atoms with Crippen molar-refractivity contribution in [3.8, 4) is 0 Å². The summed E-state index contributed by atoms with van der Waals surface area (Å²) >= 11 is 9.02. The molecule has 0 unspecified atom stereocenters. The molecule has 74 valence electrons. The van der Waals surface area contributed by atoms with Crippen molar-refractivity contribution in [2.45, 2.75) is 13.8 Å². The van der Waals surface area contributed by atoms with Crippen molar-refractivity contribution >= 4 is 38.6 Å². The molecular weight excluding hydrogens is 263 g/mol. The topological polar surface area (TPSA) is 25.8 Å². The highest BCUT2D eigenvalue weighted by Gasteiger charge is 1.97. The van der Waals surface area contributed by atoms with E-state index in [1.54, 1.807) is 12.3 Å². The van der Waals surface area contributed by atoms with E-state index in [9.17, 15) is 0 Å². The molecule has 0 saturated heterocycles. The molecule has 0 saturated carbocycles. The minimum atomic E-state index is 0.470. The van der Waals surface area contributed by atoms with E-state index in [-0.39, 0.29) is 0 Å². The molecule has 0 aromatic carbocycles. The minimum Gasteiger partial charge on any atom is -0.235 e. The van der Waals surface area contributed by atoms with Crippen LogP contribution in [0.4, 0.5) is 0 Å². The predicted molar refractivity (Wildman–Crippen MR) is 63.6 cm³/mol. The van der Waals surface area contributed by atoms with Gasteiger partial charge in [-0.05, 0) is 34.1 Å². The Morgan fingerprint density at radius 2 is 2.00 bits per heavy atom. The quantitative estimate of drug-likeness (QED) is 0.676. The van der Waals surface area contributed by atoms with E-state index < -0.39 is 0 Å². The van der Waals surface area contributed by atoms with Gasteiger partial charge in [0, 0.05) is 16.1 Å². The standard InChI is InChI=1S/C8H4BrClN2.C2H6/c9-6-3-5-1-2-7(10)12-8(5)11-4-6;1-2/h1-4H;1-2H3. The first-order valence-electron chi connectivity index (χ1n) is 4.33. The van der Waals surface area contributed by atoms with Crippen molar-refractivity contribution in [1.29, 1.82) is 0 Å². The molecule has 2 aromatic rings. The Morgan fingerprint density at radius 1 is 1.29 bits per heavy atom. The van der Waals surface area contributed by atoms with Gasteiger partial charge in [0.15, 0.2) is 5.65 Å². The van der Waals surface area contributed by atoms with Gasteiger partial charge in [-0.1, -0.05) is 25.4 Å². The summed E-state index contributed by atoms with van der Waals surface area (Å²) in [6, 6.07) is 5.59. The van der Waals surface area contributed by atoms with Gasteiger partial charge in [0.05, 0.1) is 0 Å². The van der Waals surface area contributed by atoms with Gasteiger partial charge in [-0.15, -0.1) is 0 Å². The Kier molecular flexibility index (Phi) is 4.29. The summed E-state index contributed by atoms with van der Waals surface area (Å²) < 4.78 is 0.944. The van der Waals surface area contributed by atoms with Crippen molar-refractivity contribution in [2.75, 3.05) is 0 Å². The van der Waals surface area contributed by atoms with E-state index in [2.05, 4.69) is 25.9 Å². The van der Waals surface area contributed by atoms with Crippen LogP contribution in [0.15, 0.2) is 28.9 Å². The molecule has 0 aliphatic rings. The van der Waals surface area contributed by atoms with Crippen molar-refractivity contribution < 1.29 is 0 Å². The molecular formula is C10H10BrClN2. The van der Waals surface area contributed by atoms with Crippen LogP contribution in [0, 0.1) is 0 Å². The van der Waals surface area contributed by atoms with Gasteiger partial charge >= 0.3 is 0 Å². The number of fused-ring (bicyclic) bond motifs is 1. The van der Waals surface area contributed by atoms with Gasteiger partial charge in [-0.25, -0.2) is 9.97 Å². The van der Waals surface area contributed by atoms with Gasteiger partial charge in [0.1, 0.15) is 5.15 Å². The van der Waals surface area contributed by atoms with Gasteiger partial charge in [0.25, 0.3) is 0 Å². The number of pyridine rings is 2. The predicted octanol–water partition coefficient (Wildman–Crippen LogP) is 4.07. The molecule has 0 aliphatic heterocycles. The molecule has 0 spiro atoms. The van der Waals surface area contributed by atoms with Crippen LogP contribution < -0.4 is 0 Å². The lowest BCUT2D eigenvalue weighted by Crippen LogP contribution is -1.83. The molecule has 0 radical (unpaired) electrons. The van der Waals surface area contributed by atoms with E-state index in [1.165, 1.54) is 0 Å². The van der Waals surface area contributed by atoms with Crippen LogP contribution in [0.1, 0.15) is 13.8 Å². The zero-order valence-electron chi connectivity index (χ0n) is 7.96. The number of rotatable bonds is 0. The largest absolute Gasteiger partial charge is 0.235 e. The summed E-state index contributed by atoms with van der Waals surface area (Å²) in [5.41, 5.74) is 0.672. The maximum absolute atomic E-state index is 5.70. The fourth-order valence-corrected chi connectivity index (χ4v) is 1.45. The first-order valence-corrected chi connectivity index (χ1v) is 5.50. The molecule has 0 atom stereocenters. The lowest BCUT2D eigenvalue weighted by Gasteiger charge is -1.96. The number of hydrogen-bond donors (Lipinski definition) is 0. The minimum absolute atomic E-state index is 0.470. The maximum Gasteiger partial charge on any atom is 0.160 e. The molecule has 0 bridgehead atoms. The third-order valence-electron chi connectivity index (χ3n) is 1.47. The number of halogens is 2. The normalized spacial score (nSPS) is 9.43. The number of aromatic nitrogens is 2. The van der Waals surface area contributed by atoms with E-state index in [0.29, 0.717) is 10.8 Å². The highest BCUT2D eigenvalue weighted by Crippen LogP contribution is 2.17. The molecule has 2 heterocycles. The van der Waals surface area contributed by atoms with Crippen molar-refractivity contribution in [3.05, 3.63) is 34.0 Å². The summed E-state index contributed by atoms with van der Waals surface area (Å²) in [6.45, 7) is 4.00. The van der Waals surface area contributed by atoms with Crippen LogP contribution >= 0.6 is 27.5 Å². The van der Waals surface area contributed by atoms with Crippen LogP contribution in [-0.4, -0.2) is 9.97 Å². The molecule has 0 fully saturated rings. The van der Waals surface area contributed by atoms with Gasteiger partial charge in [0.2, 0.25) is 0 Å². The smallest absolute Gasteiger partial charge is 0.160 e. The maximum atomic E-state index is 5.70. The Labute approximate surface area is 96.5 Å². The monoisotopic (exact) mass is 272 g/mol. The summed E-state index contributed by atoms with van der Waals surface area (Å²) in [5, 5.41) is 1.45. The summed E-state index contributed by atoms with van der Waals surface area (Å²) in [6.07, 6.45) is 1.70. The SMILES string of the molecule is CC.Clc1ccc2cc(Br)cnc2n1. The van der Waals surface area contributed by atoms with Gasteiger partial charge in [-0.3, -0.25) is 0 Å². The number of hydrogen-bond acceptors (Lipinski definition) is 2. The van der Waals surface area contributed by atoms with Gasteiger partial charge < -0.3 is 0 Å². The lowest BCUT2D eigenvalue weighted by atomic mass is 10.3. The van der Waals surface area contributed by atoms with Crippen LogP contribution in [-0.2, 0) is 0 Å². The Morgan fingerprint density at radius 3 is 2.71 bits per heavy atom. The fourth-order valence-electron chi connectivity index (χ4n) is 0.961. The molecule has 14 heavy (non-hydrogen) atoms. The second kappa shape index (κ2) is 5.27. The Balaban J connectivity index is 0.000000461. The summed E-state index contributed by atoms with van der Waals surface area (Å²) in [4.78, 5) is 8.15. The average molecular weight is 274 g/mol. The van der Waals surface area contributed by atoms with Crippen LogP contribution in [0.3, 0.4) is 0 Å². The first-order chi connectivity index (χ1) is 6.75. The van der Waals surface area contributed by atoms with E-state index in [1.807, 2.05) is 26.0 Å². The second-order valence-electron chi connectivity index (χ2n) is 2.33. The van der Waals surface area contributed by atoms with E-state index in [0.717, 1.165) is 9.86 Å². The Bertz CT molecular complexity index is 390. The van der Waals surface area contributed by atoms with Crippen LogP contribution in [0.2, 0.25) is 5.15 Å². The fraction of sp³-hybridized carbons (Fsp3) is 0.200. The zero-order chi connectivity index (χ0) is 10.6. The molecule has 2 nitrogen and oxygen atoms in total. The number of nitrogens with zero attached hydrogens (tertiary/aromatic N) is 2. The first kappa shape index (κ1) is 11.4. The van der Waals surface area contributed by atoms with Crippen molar-refractivity contribution in [3.63, 3.8) is 0 Å². The second-order valence-corrected chi connectivity index (χ2v) is 3.64. The zero-order valence-corrected chi connectivity index (χ0v) is 10.3. The third-order valence-corrected chi connectivity index (χ3v) is 2.12. The molecule has 0 aliphatic carbocycles. The Hall–Kier alpha value is -0.670. The van der Waals surface area contributed by atoms with Crippen LogP contribution in [0.25, 0.3) is 11.0 Å². The third kappa shape index (κ3) is 2.66. The molecule has 0 N–H and O–H groups in total. The van der Waals surface area contributed by atoms with Gasteiger partial charge in [-0.2, -0.15) is 0 Å².